The van der Waals surface area contributed by atoms with E-state index in [9.17, 15) is 34.5 Å². The fraction of sp³-hybridized carbons (Fsp3) is 0.750. The van der Waals surface area contributed by atoms with Gasteiger partial charge in [-0.25, -0.2) is 4.79 Å². The van der Waals surface area contributed by atoms with Crippen LogP contribution in [0.25, 0.3) is 0 Å². The summed E-state index contributed by atoms with van der Waals surface area (Å²) in [6.45, 7) is 17.1. The highest BCUT2D eigenvalue weighted by Crippen LogP contribution is 2.90. The van der Waals surface area contributed by atoms with E-state index in [0.29, 0.717) is 0 Å². The number of cyclic esters (lactones) is 1. The van der Waals surface area contributed by atoms with E-state index in [4.69, 9.17) is 42.3 Å². The van der Waals surface area contributed by atoms with Crippen molar-refractivity contribution in [3.8, 4) is 0 Å². The lowest BCUT2D eigenvalue weighted by molar-refractivity contribution is -0.499. The molecule has 0 amide bonds. The summed E-state index contributed by atoms with van der Waals surface area (Å²) in [7, 11) is 0. The minimum Gasteiger partial charge on any atom is -0.511 e. The Labute approximate surface area is 352 Å². The van der Waals surface area contributed by atoms with Gasteiger partial charge in [0.05, 0.1) is 52.8 Å². The zero-order valence-electron chi connectivity index (χ0n) is 36.3. The molecule has 1 aromatic heterocycles. The van der Waals surface area contributed by atoms with Crippen molar-refractivity contribution in [2.45, 2.75) is 148 Å². The number of aliphatic hydroxyl groups excluding tert-OH is 2. The molecule has 61 heavy (non-hydrogen) atoms. The Kier molecular flexibility index (Phi) is 8.72. The number of esters is 5. The quantitative estimate of drug-likeness (QED) is 0.139. The van der Waals surface area contributed by atoms with Gasteiger partial charge in [0.2, 0.25) is 0 Å². The van der Waals surface area contributed by atoms with Crippen molar-refractivity contribution in [1.29, 1.82) is 0 Å². The standard InChI is InChI=1S/C44H56O17/c1-18(2)26(46)25-27-38(10,28(22-12-13-53-15-22)55-31(47)19(3)4)29(56-32(48)20(5)6)30(57-33(49)21(7)8)44-40-17-54-24(45)14-23(40)37(9)16-41(40)42(52,35(37)51)36(58-34(25)50)43(27,44)60-39(11,59-41)61-44/h12-13,15,18-21,23,27-30,35-36,46,51-52H,14,16-17H2,1-11H3/b26-25-/t23-,27+,28-,29-,30+,35-,36+,37+,38+,39+,40+,41+,42-,43+,44-/m0/s1. The van der Waals surface area contributed by atoms with E-state index >= 15 is 4.79 Å². The van der Waals surface area contributed by atoms with Crippen molar-refractivity contribution in [2.75, 3.05) is 6.61 Å². The van der Waals surface area contributed by atoms with Gasteiger partial charge in [0, 0.05) is 36.2 Å². The van der Waals surface area contributed by atoms with E-state index in [1.54, 1.807) is 69.2 Å². The number of furan rings is 1. The van der Waals surface area contributed by atoms with Gasteiger partial charge in [0.1, 0.15) is 24.1 Å². The number of rotatable bonds is 9. The number of aliphatic hydroxyl groups is 3. The lowest BCUT2D eigenvalue weighted by atomic mass is 9.31. The van der Waals surface area contributed by atoms with Gasteiger partial charge in [-0.05, 0) is 18.4 Å². The van der Waals surface area contributed by atoms with Gasteiger partial charge in [-0.3, -0.25) is 19.2 Å². The van der Waals surface area contributed by atoms with Crippen LogP contribution in [0.1, 0.15) is 101 Å². The lowest BCUT2D eigenvalue weighted by Crippen LogP contribution is -2.99. The summed E-state index contributed by atoms with van der Waals surface area (Å²) in [6, 6.07) is 1.52. The molecule has 4 spiro atoms. The van der Waals surface area contributed by atoms with Crippen LogP contribution in [-0.4, -0.2) is 105 Å². The van der Waals surface area contributed by atoms with Crippen LogP contribution in [0.4, 0.5) is 0 Å². The van der Waals surface area contributed by atoms with Crippen molar-refractivity contribution >= 4 is 29.8 Å². The fourth-order valence-corrected chi connectivity index (χ4v) is 13.7. The summed E-state index contributed by atoms with van der Waals surface area (Å²) in [6.07, 6.45) is -6.62. The second kappa shape index (κ2) is 12.6. The van der Waals surface area contributed by atoms with E-state index in [2.05, 4.69) is 0 Å². The third-order valence-electron chi connectivity index (χ3n) is 15.8. The number of hydrogen-bond donors (Lipinski definition) is 3. The van der Waals surface area contributed by atoms with Gasteiger partial charge in [0.25, 0.3) is 5.97 Å². The second-order valence-corrected chi connectivity index (χ2v) is 20.4. The van der Waals surface area contributed by atoms with Crippen LogP contribution in [0.3, 0.4) is 0 Å². The van der Waals surface area contributed by atoms with Gasteiger partial charge in [0.15, 0.2) is 35.1 Å². The SMILES string of the molecule is CC(C)C(=O)O[C@@H]1[C@H](OC(=O)C(C)C)[C@@](C)([C@@H](OC(=O)C(C)C)c2ccoc2)[C@H]2/C(=C(/O)C(C)C)C(=O)O[C@@H]3[C@@]4(O)[C@@H](O)[C@]5(C)C[C@]46O[C@]4(C)O[C@]23[C@@]1(O4)[C@@]61COC(=O)C[C@@H]51. The molecule has 0 radical (unpaired) electrons. The Morgan fingerprint density at radius 1 is 0.852 bits per heavy atom. The Hall–Kier alpha value is -4.03. The third-order valence-corrected chi connectivity index (χ3v) is 15.8. The first kappa shape index (κ1) is 42.3. The molecule has 334 valence electrons. The number of carbonyl (C=O) groups is 5. The van der Waals surface area contributed by atoms with E-state index in [1.165, 1.54) is 25.5 Å². The number of fused-ring (bicyclic) bond motifs is 4. The van der Waals surface area contributed by atoms with E-state index in [1.807, 2.05) is 0 Å². The fourth-order valence-electron chi connectivity index (χ4n) is 13.7. The smallest absolute Gasteiger partial charge is 0.338 e. The zero-order valence-corrected chi connectivity index (χ0v) is 36.3. The third kappa shape index (κ3) is 4.47. The molecule has 1 aromatic rings. The summed E-state index contributed by atoms with van der Waals surface area (Å²) < 4.78 is 59.6. The molecule has 4 aliphatic heterocycles. The predicted octanol–water partition coefficient (Wildman–Crippen LogP) is 3.73. The molecular weight excluding hydrogens is 800 g/mol. The van der Waals surface area contributed by atoms with Gasteiger partial charge in [-0.1, -0.05) is 69.2 Å². The lowest BCUT2D eigenvalue weighted by Gasteiger charge is -2.79. The molecule has 4 saturated heterocycles. The van der Waals surface area contributed by atoms with Gasteiger partial charge in [-0.15, -0.1) is 0 Å². The molecule has 17 nitrogen and oxygen atoms in total. The topological polar surface area (TPSA) is 233 Å². The summed E-state index contributed by atoms with van der Waals surface area (Å²) in [4.78, 5) is 71.7. The maximum atomic E-state index is 15.2. The van der Waals surface area contributed by atoms with Crippen molar-refractivity contribution in [2.24, 2.45) is 51.8 Å². The number of hydrogen-bond acceptors (Lipinski definition) is 17. The molecule has 0 aromatic carbocycles. The van der Waals surface area contributed by atoms with Crippen molar-refractivity contribution in [3.05, 3.63) is 35.5 Å². The molecule has 3 N–H and O–H groups in total. The molecule has 15 atom stereocenters. The average molecular weight is 857 g/mol. The van der Waals surface area contributed by atoms with Crippen LogP contribution < -0.4 is 0 Å². The molecule has 4 bridgehead atoms. The molecule has 8 fully saturated rings. The van der Waals surface area contributed by atoms with Crippen LogP contribution in [0.15, 0.2) is 34.3 Å². The highest BCUT2D eigenvalue weighted by atomic mass is 16.9. The molecule has 5 heterocycles. The van der Waals surface area contributed by atoms with Crippen molar-refractivity contribution in [3.63, 3.8) is 0 Å². The Bertz CT molecular complexity index is 2140. The monoisotopic (exact) mass is 856 g/mol. The first-order valence-corrected chi connectivity index (χ1v) is 21.3. The second-order valence-electron chi connectivity index (χ2n) is 20.4. The number of carbonyl (C=O) groups excluding carboxylic acids is 5. The maximum Gasteiger partial charge on any atom is 0.338 e. The van der Waals surface area contributed by atoms with Crippen LogP contribution in [-0.2, 0) is 61.9 Å². The van der Waals surface area contributed by atoms with Gasteiger partial charge >= 0.3 is 29.8 Å². The molecular formula is C44H56O17. The minimum atomic E-state index is -2.56. The molecule has 8 aliphatic rings. The molecule has 17 heteroatoms. The largest absolute Gasteiger partial charge is 0.511 e. The first-order valence-electron chi connectivity index (χ1n) is 21.3. The minimum absolute atomic E-state index is 0.125. The van der Waals surface area contributed by atoms with Crippen LogP contribution in [0, 0.1) is 51.8 Å². The summed E-state index contributed by atoms with van der Waals surface area (Å²) >= 11 is 0. The highest BCUT2D eigenvalue weighted by Gasteiger charge is 3.08. The van der Waals surface area contributed by atoms with Crippen molar-refractivity contribution < 1.29 is 81.6 Å². The zero-order chi connectivity index (χ0) is 44.6. The highest BCUT2D eigenvalue weighted by molar-refractivity contribution is 5.93. The molecule has 0 unspecified atom stereocenters. The van der Waals surface area contributed by atoms with E-state index in [0.717, 1.165) is 0 Å². The molecule has 4 saturated carbocycles. The maximum absolute atomic E-state index is 15.2. The van der Waals surface area contributed by atoms with Crippen LogP contribution in [0.5, 0.6) is 0 Å². The summed E-state index contributed by atoms with van der Waals surface area (Å²) in [5.74, 6) is -12.5. The number of ether oxygens (including phenoxy) is 8. The predicted molar refractivity (Wildman–Crippen MR) is 203 cm³/mol. The Balaban J connectivity index is 1.51. The molecule has 9 rings (SSSR count). The Morgan fingerprint density at radius 2 is 1.48 bits per heavy atom. The van der Waals surface area contributed by atoms with Crippen LogP contribution in [0.2, 0.25) is 0 Å². The summed E-state index contributed by atoms with van der Waals surface area (Å²) in [5.41, 5.74) is -14.7. The normalized spacial score (nSPS) is 47.2. The first-order chi connectivity index (χ1) is 28.3. The van der Waals surface area contributed by atoms with Gasteiger partial charge in [-0.2, -0.15) is 0 Å². The summed E-state index contributed by atoms with van der Waals surface area (Å²) in [5, 5.41) is 38.9. The van der Waals surface area contributed by atoms with Gasteiger partial charge < -0.3 is 57.6 Å². The molecule has 4 aliphatic carbocycles. The van der Waals surface area contributed by atoms with Crippen LogP contribution >= 0.6 is 0 Å². The van der Waals surface area contributed by atoms with Crippen molar-refractivity contribution in [1.82, 2.24) is 0 Å². The van der Waals surface area contributed by atoms with E-state index in [-0.39, 0.29) is 18.4 Å². The Morgan fingerprint density at radius 3 is 2.05 bits per heavy atom. The average Bonchev–Trinajstić information content (AvgIpc) is 3.88. The van der Waals surface area contributed by atoms with E-state index < -0.39 is 158 Å². The number of allylic oxidation sites excluding steroid dienone is 1.